The molecule has 1 N–H and O–H groups in total. The number of benzene rings is 1. The molecule has 3 aromatic rings. The zero-order chi connectivity index (χ0) is 17.3. The smallest absolute Gasteiger partial charge is 0.127 e. The maximum atomic E-state index is 6.01. The molecule has 0 spiro atoms. The van der Waals surface area contributed by atoms with E-state index in [4.69, 9.17) is 23.2 Å². The number of rotatable bonds is 5. The van der Waals surface area contributed by atoms with Crippen molar-refractivity contribution in [3.63, 3.8) is 0 Å². The number of nitrogens with one attached hydrogen (secondary N) is 1. The molecule has 0 fully saturated rings. The number of hydrogen-bond donors (Lipinski definition) is 1. The molecule has 0 aliphatic rings. The van der Waals surface area contributed by atoms with Gasteiger partial charge in [-0.2, -0.15) is 10.2 Å². The standard InChI is InChI=1S/C17H19Cl2N5/c1-11-16(10-20-9-14-8-17(19)23(3)22-14)12(2)24(21-11)15-6-4-13(18)5-7-15/h4-8,20H,9-10H2,1-3H3. The van der Waals surface area contributed by atoms with Crippen molar-refractivity contribution in [2.24, 2.45) is 7.05 Å². The van der Waals surface area contributed by atoms with E-state index >= 15 is 0 Å². The van der Waals surface area contributed by atoms with Crippen molar-refractivity contribution in [1.82, 2.24) is 24.9 Å². The predicted molar refractivity (Wildman–Crippen MR) is 96.8 cm³/mol. The first-order valence-electron chi connectivity index (χ1n) is 7.66. The second-order valence-corrected chi connectivity index (χ2v) is 6.55. The number of aryl methyl sites for hydroxylation is 2. The van der Waals surface area contributed by atoms with Gasteiger partial charge in [-0.3, -0.25) is 4.68 Å². The summed E-state index contributed by atoms with van der Waals surface area (Å²) < 4.78 is 3.61. The largest absolute Gasteiger partial charge is 0.307 e. The van der Waals surface area contributed by atoms with Crippen LogP contribution in [0.5, 0.6) is 0 Å². The van der Waals surface area contributed by atoms with Crippen molar-refractivity contribution in [3.8, 4) is 5.69 Å². The van der Waals surface area contributed by atoms with E-state index in [1.165, 1.54) is 5.56 Å². The highest BCUT2D eigenvalue weighted by Gasteiger charge is 2.13. The van der Waals surface area contributed by atoms with Gasteiger partial charge in [-0.1, -0.05) is 23.2 Å². The molecule has 0 bridgehead atoms. The summed E-state index contributed by atoms with van der Waals surface area (Å²) in [5.74, 6) is 0. The van der Waals surface area contributed by atoms with Crippen LogP contribution in [0.4, 0.5) is 0 Å². The van der Waals surface area contributed by atoms with E-state index < -0.39 is 0 Å². The Morgan fingerprint density at radius 2 is 1.75 bits per heavy atom. The molecule has 2 aromatic heterocycles. The SMILES string of the molecule is Cc1nn(-c2ccc(Cl)cc2)c(C)c1CNCc1cc(Cl)n(C)n1. The second kappa shape index (κ2) is 6.97. The Kier molecular flexibility index (Phi) is 4.94. The van der Waals surface area contributed by atoms with Crippen LogP contribution in [0.2, 0.25) is 10.2 Å². The molecule has 5 nitrogen and oxygen atoms in total. The Labute approximate surface area is 151 Å². The average molecular weight is 364 g/mol. The molecule has 126 valence electrons. The van der Waals surface area contributed by atoms with Crippen LogP contribution in [0.1, 0.15) is 22.6 Å². The van der Waals surface area contributed by atoms with Crippen LogP contribution < -0.4 is 5.32 Å². The molecule has 1 aromatic carbocycles. The maximum Gasteiger partial charge on any atom is 0.127 e. The van der Waals surface area contributed by atoms with Gasteiger partial charge in [0.05, 0.1) is 17.1 Å². The molecule has 0 saturated heterocycles. The summed E-state index contributed by atoms with van der Waals surface area (Å²) in [5.41, 5.74) is 5.23. The average Bonchev–Trinajstić information content (AvgIpc) is 3.01. The van der Waals surface area contributed by atoms with Crippen molar-refractivity contribution in [1.29, 1.82) is 0 Å². The third kappa shape index (κ3) is 3.48. The fraction of sp³-hybridized carbons (Fsp3) is 0.294. The normalized spacial score (nSPS) is 11.2. The third-order valence-electron chi connectivity index (χ3n) is 3.99. The van der Waals surface area contributed by atoms with Gasteiger partial charge in [0.1, 0.15) is 5.15 Å². The molecule has 3 rings (SSSR count). The highest BCUT2D eigenvalue weighted by molar-refractivity contribution is 6.30. The van der Waals surface area contributed by atoms with E-state index in [2.05, 4.69) is 22.4 Å². The molecule has 0 aliphatic heterocycles. The zero-order valence-corrected chi connectivity index (χ0v) is 15.4. The van der Waals surface area contributed by atoms with Crippen molar-refractivity contribution >= 4 is 23.2 Å². The minimum Gasteiger partial charge on any atom is -0.307 e. The van der Waals surface area contributed by atoms with Crippen LogP contribution >= 0.6 is 23.2 Å². The van der Waals surface area contributed by atoms with E-state index in [1.807, 2.05) is 49.0 Å². The molecular weight excluding hydrogens is 345 g/mol. The van der Waals surface area contributed by atoms with Crippen molar-refractivity contribution in [2.45, 2.75) is 26.9 Å². The van der Waals surface area contributed by atoms with Crippen LogP contribution in [-0.2, 0) is 20.1 Å². The van der Waals surface area contributed by atoms with Gasteiger partial charge in [-0.25, -0.2) is 4.68 Å². The molecule has 0 saturated carbocycles. The first-order chi connectivity index (χ1) is 11.5. The Hall–Kier alpha value is -1.82. The number of aromatic nitrogens is 4. The van der Waals surface area contributed by atoms with Gasteiger partial charge in [-0.05, 0) is 44.2 Å². The lowest BCUT2D eigenvalue weighted by atomic mass is 10.2. The van der Waals surface area contributed by atoms with Crippen molar-refractivity contribution < 1.29 is 0 Å². The minimum absolute atomic E-state index is 0.634. The summed E-state index contributed by atoms with van der Waals surface area (Å²) in [7, 11) is 1.83. The van der Waals surface area contributed by atoms with E-state index in [0.717, 1.165) is 34.3 Å². The summed E-state index contributed by atoms with van der Waals surface area (Å²) in [6.45, 7) is 5.47. The van der Waals surface area contributed by atoms with Crippen LogP contribution in [0.3, 0.4) is 0 Å². The summed E-state index contributed by atoms with van der Waals surface area (Å²) in [6, 6.07) is 9.54. The number of halogens is 2. The van der Waals surface area contributed by atoms with Gasteiger partial charge < -0.3 is 5.32 Å². The topological polar surface area (TPSA) is 47.7 Å². The molecule has 0 aliphatic carbocycles. The van der Waals surface area contributed by atoms with E-state index in [9.17, 15) is 0 Å². The molecule has 24 heavy (non-hydrogen) atoms. The summed E-state index contributed by atoms with van der Waals surface area (Å²) in [5, 5.41) is 13.7. The maximum absolute atomic E-state index is 6.01. The van der Waals surface area contributed by atoms with Crippen molar-refractivity contribution in [2.75, 3.05) is 0 Å². The van der Waals surface area contributed by atoms with Gasteiger partial charge in [0.2, 0.25) is 0 Å². The monoisotopic (exact) mass is 363 g/mol. The van der Waals surface area contributed by atoms with Gasteiger partial charge in [0.15, 0.2) is 0 Å². The second-order valence-electron chi connectivity index (χ2n) is 5.72. The van der Waals surface area contributed by atoms with E-state index in [0.29, 0.717) is 11.7 Å². The summed E-state index contributed by atoms with van der Waals surface area (Å²) >= 11 is 12.0. The van der Waals surface area contributed by atoms with Gasteiger partial charge in [0.25, 0.3) is 0 Å². The molecular formula is C17H19Cl2N5. The molecule has 7 heteroatoms. The summed E-state index contributed by atoms with van der Waals surface area (Å²) in [6.07, 6.45) is 0. The van der Waals surface area contributed by atoms with Crippen LogP contribution in [-0.4, -0.2) is 19.6 Å². The van der Waals surface area contributed by atoms with E-state index in [-0.39, 0.29) is 0 Å². The number of hydrogen-bond acceptors (Lipinski definition) is 3. The predicted octanol–water partition coefficient (Wildman–Crippen LogP) is 3.82. The lowest BCUT2D eigenvalue weighted by molar-refractivity contribution is 0.653. The van der Waals surface area contributed by atoms with Crippen LogP contribution in [0.15, 0.2) is 30.3 Å². The third-order valence-corrected chi connectivity index (χ3v) is 4.60. The van der Waals surface area contributed by atoms with Gasteiger partial charge >= 0.3 is 0 Å². The lowest BCUT2D eigenvalue weighted by Crippen LogP contribution is -2.14. The quantitative estimate of drug-likeness (QED) is 0.749. The molecule has 0 radical (unpaired) electrons. The fourth-order valence-electron chi connectivity index (χ4n) is 2.67. The highest BCUT2D eigenvalue weighted by Crippen LogP contribution is 2.19. The molecule has 0 unspecified atom stereocenters. The zero-order valence-electron chi connectivity index (χ0n) is 13.8. The lowest BCUT2D eigenvalue weighted by Gasteiger charge is -2.06. The summed E-state index contributed by atoms with van der Waals surface area (Å²) in [4.78, 5) is 0. The van der Waals surface area contributed by atoms with Gasteiger partial charge in [-0.15, -0.1) is 0 Å². The first kappa shape index (κ1) is 17.0. The Morgan fingerprint density at radius 3 is 2.38 bits per heavy atom. The molecule has 0 atom stereocenters. The minimum atomic E-state index is 0.634. The molecule has 2 heterocycles. The van der Waals surface area contributed by atoms with Crippen molar-refractivity contribution in [3.05, 3.63) is 63.2 Å². The number of nitrogens with zero attached hydrogens (tertiary/aromatic N) is 4. The van der Waals surface area contributed by atoms with Crippen LogP contribution in [0, 0.1) is 13.8 Å². The first-order valence-corrected chi connectivity index (χ1v) is 8.41. The Morgan fingerprint density at radius 1 is 1.04 bits per heavy atom. The highest BCUT2D eigenvalue weighted by atomic mass is 35.5. The molecule has 0 amide bonds. The fourth-order valence-corrected chi connectivity index (χ4v) is 2.96. The van der Waals surface area contributed by atoms with E-state index in [1.54, 1.807) is 4.68 Å². The Balaban J connectivity index is 1.73. The Bertz CT molecular complexity index is 829. The van der Waals surface area contributed by atoms with Gasteiger partial charge in [0, 0.05) is 36.4 Å². The van der Waals surface area contributed by atoms with Crippen LogP contribution in [0.25, 0.3) is 5.69 Å².